The highest BCUT2D eigenvalue weighted by atomic mass is 32.2. The Labute approximate surface area is 123 Å². The Balaban J connectivity index is 2.72. The number of carboxylic acid groups (broad SMARTS) is 1. The van der Waals surface area contributed by atoms with Crippen LogP contribution >= 0.6 is 0 Å². The van der Waals surface area contributed by atoms with Crippen LogP contribution in [0.4, 0.5) is 0 Å². The monoisotopic (exact) mass is 314 g/mol. The van der Waals surface area contributed by atoms with Gasteiger partial charge in [0.1, 0.15) is 0 Å². The van der Waals surface area contributed by atoms with Crippen LogP contribution in [0.25, 0.3) is 0 Å². The lowest BCUT2D eigenvalue weighted by molar-refractivity contribution is -0.146. The molecule has 0 heterocycles. The molecular weight excluding hydrogens is 296 g/mol. The Kier molecular flexibility index (Phi) is 5.45. The summed E-state index contributed by atoms with van der Waals surface area (Å²) in [6, 6.07) is 5.88. The summed E-state index contributed by atoms with van der Waals surface area (Å²) in [5.74, 6) is -2.95. The van der Waals surface area contributed by atoms with E-state index in [1.54, 1.807) is 6.07 Å². The van der Waals surface area contributed by atoms with E-state index in [0.29, 0.717) is 5.56 Å². The number of carbonyl (C=O) groups is 2. The molecule has 0 aliphatic carbocycles. The van der Waals surface area contributed by atoms with Gasteiger partial charge in [0.15, 0.2) is 0 Å². The Hall–Kier alpha value is -1.93. The van der Waals surface area contributed by atoms with Gasteiger partial charge in [0.2, 0.25) is 15.9 Å². The van der Waals surface area contributed by atoms with Crippen LogP contribution in [0.2, 0.25) is 0 Å². The molecule has 0 saturated heterocycles. The minimum atomic E-state index is -3.80. The molecule has 2 atom stereocenters. The SMILES string of the molecule is CC(C(=O)O)C(C)C(=O)NCc1cccc(S(N)(=O)=O)c1. The fourth-order valence-electron chi connectivity index (χ4n) is 1.62. The maximum Gasteiger partial charge on any atom is 0.307 e. The first-order valence-electron chi connectivity index (χ1n) is 6.25. The van der Waals surface area contributed by atoms with Crippen LogP contribution in [0.5, 0.6) is 0 Å². The van der Waals surface area contributed by atoms with Gasteiger partial charge in [-0.15, -0.1) is 0 Å². The van der Waals surface area contributed by atoms with Gasteiger partial charge in [-0.2, -0.15) is 0 Å². The second kappa shape index (κ2) is 6.68. The Morgan fingerprint density at radius 2 is 1.90 bits per heavy atom. The van der Waals surface area contributed by atoms with Crippen LogP contribution in [-0.4, -0.2) is 25.4 Å². The number of nitrogens with one attached hydrogen (secondary N) is 1. The van der Waals surface area contributed by atoms with Crippen molar-refractivity contribution in [1.29, 1.82) is 0 Å². The van der Waals surface area contributed by atoms with E-state index in [1.807, 2.05) is 0 Å². The molecule has 0 saturated carbocycles. The summed E-state index contributed by atoms with van der Waals surface area (Å²) in [5.41, 5.74) is 0.560. The summed E-state index contributed by atoms with van der Waals surface area (Å²) in [4.78, 5) is 22.6. The van der Waals surface area contributed by atoms with Crippen LogP contribution in [-0.2, 0) is 26.2 Å². The highest BCUT2D eigenvalue weighted by Crippen LogP contribution is 2.13. The first kappa shape index (κ1) is 17.1. The van der Waals surface area contributed by atoms with Crippen molar-refractivity contribution in [2.75, 3.05) is 0 Å². The Morgan fingerprint density at radius 3 is 2.43 bits per heavy atom. The first-order valence-corrected chi connectivity index (χ1v) is 7.80. The lowest BCUT2D eigenvalue weighted by Gasteiger charge is -2.15. The highest BCUT2D eigenvalue weighted by molar-refractivity contribution is 7.89. The molecule has 4 N–H and O–H groups in total. The van der Waals surface area contributed by atoms with Gasteiger partial charge < -0.3 is 10.4 Å². The van der Waals surface area contributed by atoms with Crippen molar-refractivity contribution in [2.24, 2.45) is 17.0 Å². The molecule has 0 aliphatic heterocycles. The number of nitrogens with two attached hydrogens (primary N) is 1. The summed E-state index contributed by atoms with van der Waals surface area (Å²) in [6.45, 7) is 3.07. The molecule has 1 amide bonds. The summed E-state index contributed by atoms with van der Waals surface area (Å²) in [7, 11) is -3.80. The van der Waals surface area contributed by atoms with Gasteiger partial charge in [-0.1, -0.05) is 26.0 Å². The number of amides is 1. The van der Waals surface area contributed by atoms with Crippen LogP contribution in [0.15, 0.2) is 29.2 Å². The van der Waals surface area contributed by atoms with Gasteiger partial charge in [-0.3, -0.25) is 9.59 Å². The van der Waals surface area contributed by atoms with Gasteiger partial charge in [0.05, 0.1) is 10.8 Å². The van der Waals surface area contributed by atoms with Gasteiger partial charge in [-0.05, 0) is 17.7 Å². The number of benzene rings is 1. The quantitative estimate of drug-likeness (QED) is 0.696. The summed E-state index contributed by atoms with van der Waals surface area (Å²) in [6.07, 6.45) is 0. The van der Waals surface area contributed by atoms with Crippen molar-refractivity contribution >= 4 is 21.9 Å². The maximum absolute atomic E-state index is 11.8. The molecule has 0 aromatic heterocycles. The molecule has 7 nitrogen and oxygen atoms in total. The Bertz CT molecular complexity index is 642. The van der Waals surface area contributed by atoms with Gasteiger partial charge in [0.25, 0.3) is 0 Å². The van der Waals surface area contributed by atoms with Crippen molar-refractivity contribution in [3.63, 3.8) is 0 Å². The number of carboxylic acids is 1. The normalized spacial score (nSPS) is 14.2. The minimum absolute atomic E-state index is 0.0406. The van der Waals surface area contributed by atoms with Crippen molar-refractivity contribution in [2.45, 2.75) is 25.3 Å². The van der Waals surface area contributed by atoms with E-state index >= 15 is 0 Å². The van der Waals surface area contributed by atoms with E-state index in [9.17, 15) is 18.0 Å². The van der Waals surface area contributed by atoms with Crippen LogP contribution in [0, 0.1) is 11.8 Å². The zero-order chi connectivity index (χ0) is 16.2. The molecule has 2 unspecified atom stereocenters. The molecule has 1 rings (SSSR count). The maximum atomic E-state index is 11.8. The molecule has 0 spiro atoms. The van der Waals surface area contributed by atoms with Crippen LogP contribution in [0.1, 0.15) is 19.4 Å². The molecule has 8 heteroatoms. The molecule has 116 valence electrons. The molecular formula is C13H18N2O5S. The average Bonchev–Trinajstić information content (AvgIpc) is 2.42. The third kappa shape index (κ3) is 4.83. The second-order valence-electron chi connectivity index (χ2n) is 4.83. The molecule has 1 aromatic carbocycles. The van der Waals surface area contributed by atoms with E-state index in [4.69, 9.17) is 10.2 Å². The highest BCUT2D eigenvalue weighted by Gasteiger charge is 2.25. The summed E-state index contributed by atoms with van der Waals surface area (Å²) < 4.78 is 22.4. The van der Waals surface area contributed by atoms with Gasteiger partial charge in [-0.25, -0.2) is 13.6 Å². The van der Waals surface area contributed by atoms with Crippen LogP contribution < -0.4 is 10.5 Å². The third-order valence-electron chi connectivity index (χ3n) is 3.25. The molecule has 0 radical (unpaired) electrons. The molecule has 21 heavy (non-hydrogen) atoms. The van der Waals surface area contributed by atoms with E-state index in [0.717, 1.165) is 0 Å². The van der Waals surface area contributed by atoms with Gasteiger partial charge >= 0.3 is 5.97 Å². The van der Waals surface area contributed by atoms with Crippen molar-refractivity contribution in [3.05, 3.63) is 29.8 Å². The number of carbonyl (C=O) groups excluding carboxylic acids is 1. The number of aliphatic carboxylic acids is 1. The van der Waals surface area contributed by atoms with Crippen LogP contribution in [0.3, 0.4) is 0 Å². The number of primary sulfonamides is 1. The molecule has 1 aromatic rings. The van der Waals surface area contributed by atoms with E-state index < -0.39 is 33.7 Å². The first-order chi connectivity index (χ1) is 9.62. The number of hydrogen-bond acceptors (Lipinski definition) is 4. The van der Waals surface area contributed by atoms with Crippen molar-refractivity contribution in [1.82, 2.24) is 5.32 Å². The fraction of sp³-hybridized carbons (Fsp3) is 0.385. The number of sulfonamides is 1. The third-order valence-corrected chi connectivity index (χ3v) is 4.16. The largest absolute Gasteiger partial charge is 0.481 e. The molecule has 0 fully saturated rings. The number of hydrogen-bond donors (Lipinski definition) is 3. The van der Waals surface area contributed by atoms with E-state index in [-0.39, 0.29) is 11.4 Å². The van der Waals surface area contributed by atoms with Crippen molar-refractivity contribution < 1.29 is 23.1 Å². The predicted octanol–water partition coefficient (Wildman–Crippen LogP) is 0.307. The number of rotatable bonds is 6. The summed E-state index contributed by atoms with van der Waals surface area (Å²) in [5, 5.41) is 16.4. The molecule has 0 bridgehead atoms. The second-order valence-corrected chi connectivity index (χ2v) is 6.39. The zero-order valence-corrected chi connectivity index (χ0v) is 12.6. The topological polar surface area (TPSA) is 127 Å². The zero-order valence-electron chi connectivity index (χ0n) is 11.7. The van der Waals surface area contributed by atoms with E-state index in [1.165, 1.54) is 32.0 Å². The standard InChI is InChI=1S/C13H18N2O5S/c1-8(9(2)13(17)18)12(16)15-7-10-4-3-5-11(6-10)21(14,19)20/h3-6,8-9H,7H2,1-2H3,(H,15,16)(H,17,18)(H2,14,19,20). The molecule has 0 aliphatic rings. The van der Waals surface area contributed by atoms with Crippen molar-refractivity contribution in [3.8, 4) is 0 Å². The lowest BCUT2D eigenvalue weighted by atomic mass is 9.95. The Morgan fingerprint density at radius 1 is 1.29 bits per heavy atom. The summed E-state index contributed by atoms with van der Waals surface area (Å²) >= 11 is 0. The lowest BCUT2D eigenvalue weighted by Crippen LogP contribution is -2.34. The van der Waals surface area contributed by atoms with E-state index in [2.05, 4.69) is 5.32 Å². The average molecular weight is 314 g/mol. The fourth-order valence-corrected chi connectivity index (χ4v) is 2.21. The predicted molar refractivity (Wildman–Crippen MR) is 75.6 cm³/mol. The smallest absolute Gasteiger partial charge is 0.307 e. The van der Waals surface area contributed by atoms with Gasteiger partial charge in [0, 0.05) is 12.5 Å². The minimum Gasteiger partial charge on any atom is -0.481 e.